The number of hydrogen-bond donors (Lipinski definition) is 0. The highest BCUT2D eigenvalue weighted by molar-refractivity contribution is 6.12. The molecular weight excluding hydrogens is 402 g/mol. The SMILES string of the molecule is COC(=O)/C([O-])=C(\C(=O)OC)[N+]1=C(c2ccccc2)c2cc(OC)c(OC)cc2CC1. The highest BCUT2D eigenvalue weighted by atomic mass is 16.5. The third kappa shape index (κ3) is 4.09. The lowest BCUT2D eigenvalue weighted by atomic mass is 9.91. The van der Waals surface area contributed by atoms with Crippen molar-refractivity contribution in [3.63, 3.8) is 0 Å². The summed E-state index contributed by atoms with van der Waals surface area (Å²) in [6, 6.07) is 12.9. The van der Waals surface area contributed by atoms with E-state index in [1.807, 2.05) is 36.4 Å². The lowest BCUT2D eigenvalue weighted by molar-refractivity contribution is -0.484. The molecule has 0 saturated heterocycles. The summed E-state index contributed by atoms with van der Waals surface area (Å²) < 4.78 is 21.8. The number of carbonyl (C=O) groups is 2. The summed E-state index contributed by atoms with van der Waals surface area (Å²) >= 11 is 0. The average Bonchev–Trinajstić information content (AvgIpc) is 2.82. The number of rotatable bonds is 6. The maximum atomic E-state index is 12.8. The van der Waals surface area contributed by atoms with Gasteiger partial charge in [-0.3, -0.25) is 0 Å². The van der Waals surface area contributed by atoms with Gasteiger partial charge in [0.15, 0.2) is 18.0 Å². The Morgan fingerprint density at radius 2 is 1.52 bits per heavy atom. The van der Waals surface area contributed by atoms with E-state index in [2.05, 4.69) is 4.74 Å². The van der Waals surface area contributed by atoms with Crippen molar-refractivity contribution in [1.82, 2.24) is 0 Å². The van der Waals surface area contributed by atoms with Crippen molar-refractivity contribution < 1.29 is 38.2 Å². The lowest BCUT2D eigenvalue weighted by Crippen LogP contribution is -2.37. The van der Waals surface area contributed by atoms with Crippen LogP contribution < -0.4 is 14.6 Å². The standard InChI is InChI=1S/C23H23NO7/c1-28-17-12-15-10-11-24(20(22(26)30-3)21(25)23(27)31-4)19(14-8-6-5-7-9-14)16(15)13-18(17)29-2/h5-9,12-13H,10-11H2,1-4H3. The fourth-order valence-corrected chi connectivity index (χ4v) is 3.58. The Kier molecular flexibility index (Phi) is 6.59. The number of hydrogen-bond acceptors (Lipinski definition) is 7. The van der Waals surface area contributed by atoms with Gasteiger partial charge in [-0.2, -0.15) is 4.58 Å². The van der Waals surface area contributed by atoms with Crippen LogP contribution in [-0.4, -0.2) is 57.2 Å². The molecule has 3 rings (SSSR count). The summed E-state index contributed by atoms with van der Waals surface area (Å²) in [6.45, 7) is 0.264. The van der Waals surface area contributed by atoms with Crippen LogP contribution in [-0.2, 0) is 25.5 Å². The molecule has 0 fully saturated rings. The van der Waals surface area contributed by atoms with E-state index in [0.29, 0.717) is 23.6 Å². The van der Waals surface area contributed by atoms with Crippen LogP contribution in [0.15, 0.2) is 53.9 Å². The van der Waals surface area contributed by atoms with Gasteiger partial charge in [0.25, 0.3) is 5.70 Å². The summed E-state index contributed by atoms with van der Waals surface area (Å²) in [6.07, 6.45) is 0.487. The van der Waals surface area contributed by atoms with Gasteiger partial charge in [-0.15, -0.1) is 0 Å². The first-order valence-electron chi connectivity index (χ1n) is 9.49. The molecule has 0 spiro atoms. The molecule has 8 heteroatoms. The molecule has 1 aliphatic rings. The molecule has 0 saturated carbocycles. The van der Waals surface area contributed by atoms with E-state index >= 15 is 0 Å². The normalized spacial score (nSPS) is 13.7. The van der Waals surface area contributed by atoms with Crippen LogP contribution >= 0.6 is 0 Å². The second-order valence-electron chi connectivity index (χ2n) is 6.64. The van der Waals surface area contributed by atoms with Gasteiger partial charge < -0.3 is 24.1 Å². The maximum absolute atomic E-state index is 12.8. The van der Waals surface area contributed by atoms with E-state index in [4.69, 9.17) is 14.2 Å². The van der Waals surface area contributed by atoms with Crippen LogP contribution in [0.2, 0.25) is 0 Å². The van der Waals surface area contributed by atoms with Crippen LogP contribution in [0.25, 0.3) is 0 Å². The van der Waals surface area contributed by atoms with Crippen LogP contribution in [0.1, 0.15) is 16.7 Å². The summed E-state index contributed by atoms with van der Waals surface area (Å²) in [5, 5.41) is 12.8. The number of methoxy groups -OCH3 is 4. The van der Waals surface area contributed by atoms with Gasteiger partial charge in [0, 0.05) is 12.0 Å². The number of fused-ring (bicyclic) bond motifs is 1. The van der Waals surface area contributed by atoms with Crippen LogP contribution in [0, 0.1) is 0 Å². The van der Waals surface area contributed by atoms with Gasteiger partial charge in [0.1, 0.15) is 0 Å². The summed E-state index contributed by atoms with van der Waals surface area (Å²) in [7, 11) is 5.32. The predicted octanol–water partition coefficient (Wildman–Crippen LogP) is 1.03. The van der Waals surface area contributed by atoms with Crippen LogP contribution in [0.5, 0.6) is 11.5 Å². The minimum Gasteiger partial charge on any atom is -0.863 e. The quantitative estimate of drug-likeness (QED) is 0.295. The van der Waals surface area contributed by atoms with E-state index in [1.54, 1.807) is 13.2 Å². The topological polar surface area (TPSA) is 97.1 Å². The fraction of sp³-hybridized carbons (Fsp3) is 0.261. The molecule has 2 aromatic carbocycles. The van der Waals surface area contributed by atoms with Gasteiger partial charge in [-0.05, 0) is 29.8 Å². The van der Waals surface area contributed by atoms with Gasteiger partial charge in [-0.1, -0.05) is 18.2 Å². The Morgan fingerprint density at radius 1 is 0.903 bits per heavy atom. The molecule has 8 nitrogen and oxygen atoms in total. The van der Waals surface area contributed by atoms with Gasteiger partial charge >= 0.3 is 11.9 Å². The van der Waals surface area contributed by atoms with Crippen molar-refractivity contribution in [1.29, 1.82) is 0 Å². The number of esters is 2. The monoisotopic (exact) mass is 425 g/mol. The summed E-state index contributed by atoms with van der Waals surface area (Å²) in [5.41, 5.74) is 2.60. The third-order valence-electron chi connectivity index (χ3n) is 5.02. The van der Waals surface area contributed by atoms with Crippen molar-refractivity contribution >= 4 is 17.7 Å². The minimum atomic E-state index is -1.15. The molecule has 0 radical (unpaired) electrons. The third-order valence-corrected chi connectivity index (χ3v) is 5.02. The zero-order chi connectivity index (χ0) is 22.5. The van der Waals surface area contributed by atoms with Crippen LogP contribution in [0.3, 0.4) is 0 Å². The van der Waals surface area contributed by atoms with Crippen LogP contribution in [0.4, 0.5) is 0 Å². The first kappa shape index (κ1) is 21.9. The number of ether oxygens (including phenoxy) is 4. The Labute approximate surface area is 179 Å². The lowest BCUT2D eigenvalue weighted by Gasteiger charge is -2.22. The van der Waals surface area contributed by atoms with Crippen molar-refractivity contribution in [2.75, 3.05) is 35.0 Å². The molecule has 0 aromatic heterocycles. The summed E-state index contributed by atoms with van der Waals surface area (Å²) in [4.78, 5) is 24.6. The van der Waals surface area contributed by atoms with Crippen molar-refractivity contribution in [2.24, 2.45) is 0 Å². The van der Waals surface area contributed by atoms with Crippen molar-refractivity contribution in [3.05, 3.63) is 70.6 Å². The molecule has 0 N–H and O–H groups in total. The molecule has 0 bridgehead atoms. The highest BCUT2D eigenvalue weighted by Gasteiger charge is 2.36. The molecule has 162 valence electrons. The van der Waals surface area contributed by atoms with Gasteiger partial charge in [0.2, 0.25) is 5.71 Å². The first-order valence-corrected chi connectivity index (χ1v) is 9.49. The zero-order valence-electron chi connectivity index (χ0n) is 17.8. The average molecular weight is 425 g/mol. The molecule has 0 atom stereocenters. The smallest absolute Gasteiger partial charge is 0.403 e. The zero-order valence-corrected chi connectivity index (χ0v) is 17.8. The fourth-order valence-electron chi connectivity index (χ4n) is 3.58. The van der Waals surface area contributed by atoms with E-state index < -0.39 is 23.4 Å². The Balaban J connectivity index is 2.40. The van der Waals surface area contributed by atoms with E-state index in [0.717, 1.165) is 30.9 Å². The molecule has 0 unspecified atom stereocenters. The summed E-state index contributed by atoms with van der Waals surface area (Å²) in [5.74, 6) is -2.08. The minimum absolute atomic E-state index is 0.264. The molecule has 0 aliphatic carbocycles. The number of benzene rings is 2. The molecule has 1 aliphatic heterocycles. The number of nitrogens with zero attached hydrogens (tertiary/aromatic N) is 1. The predicted molar refractivity (Wildman–Crippen MR) is 109 cm³/mol. The maximum Gasteiger partial charge on any atom is 0.403 e. The molecular formula is C23H23NO7. The molecule has 2 aromatic rings. The highest BCUT2D eigenvalue weighted by Crippen LogP contribution is 2.34. The largest absolute Gasteiger partial charge is 0.863 e. The molecule has 0 amide bonds. The second-order valence-corrected chi connectivity index (χ2v) is 6.64. The van der Waals surface area contributed by atoms with E-state index in [1.165, 1.54) is 11.7 Å². The van der Waals surface area contributed by atoms with Gasteiger partial charge in [0.05, 0.1) is 39.8 Å². The van der Waals surface area contributed by atoms with E-state index in [-0.39, 0.29) is 6.54 Å². The van der Waals surface area contributed by atoms with E-state index in [9.17, 15) is 14.7 Å². The van der Waals surface area contributed by atoms with Gasteiger partial charge in [-0.25, -0.2) is 9.59 Å². The second kappa shape index (κ2) is 9.34. The Hall–Kier alpha value is -3.81. The Morgan fingerprint density at radius 3 is 2.10 bits per heavy atom. The molecule has 1 heterocycles. The molecule has 31 heavy (non-hydrogen) atoms. The Bertz CT molecular complexity index is 1070. The van der Waals surface area contributed by atoms with Crippen molar-refractivity contribution in [2.45, 2.75) is 6.42 Å². The van der Waals surface area contributed by atoms with Crippen molar-refractivity contribution in [3.8, 4) is 11.5 Å². The number of carbonyl (C=O) groups excluding carboxylic acids is 2. The first-order chi connectivity index (χ1) is 15.0.